The van der Waals surface area contributed by atoms with Gasteiger partial charge in [0.1, 0.15) is 0 Å². The minimum atomic E-state index is -0.202. The second kappa shape index (κ2) is 8.56. The van der Waals surface area contributed by atoms with Crippen molar-refractivity contribution in [1.82, 2.24) is 5.32 Å². The van der Waals surface area contributed by atoms with E-state index in [4.69, 9.17) is 22.1 Å². The average molecular weight is 381 g/mol. The third kappa shape index (κ3) is 4.46. The number of rotatable bonds is 4. The van der Waals surface area contributed by atoms with Crippen LogP contribution in [-0.2, 0) is 10.2 Å². The summed E-state index contributed by atoms with van der Waals surface area (Å²) >= 11 is 6.43. The Morgan fingerprint density at radius 3 is 2.56 bits per heavy atom. The smallest absolute Gasteiger partial charge is 0.251 e. The second-order valence-electron chi connectivity index (χ2n) is 6.18. The molecule has 2 aromatic rings. The number of carbonyl (C=O) groups excluding carboxylic acids is 1. The molecule has 6 heteroatoms. The molecule has 25 heavy (non-hydrogen) atoms. The van der Waals surface area contributed by atoms with Crippen molar-refractivity contribution < 1.29 is 9.53 Å². The van der Waals surface area contributed by atoms with E-state index in [1.165, 1.54) is 0 Å². The minimum Gasteiger partial charge on any atom is -0.399 e. The van der Waals surface area contributed by atoms with Crippen LogP contribution in [-0.4, -0.2) is 25.7 Å². The number of anilines is 1. The van der Waals surface area contributed by atoms with E-state index in [9.17, 15) is 4.79 Å². The fourth-order valence-electron chi connectivity index (χ4n) is 3.23. The van der Waals surface area contributed by atoms with Crippen molar-refractivity contribution in [3.05, 3.63) is 64.7 Å². The monoisotopic (exact) mass is 380 g/mol. The number of ether oxygens (including phenoxy) is 1. The Morgan fingerprint density at radius 1 is 1.16 bits per heavy atom. The highest BCUT2D eigenvalue weighted by Crippen LogP contribution is 2.38. The molecular weight excluding hydrogens is 359 g/mol. The number of nitrogens with two attached hydrogens (primary N) is 1. The third-order valence-corrected chi connectivity index (χ3v) is 4.96. The average Bonchev–Trinajstić information content (AvgIpc) is 2.61. The van der Waals surface area contributed by atoms with E-state index in [2.05, 4.69) is 5.32 Å². The van der Waals surface area contributed by atoms with Crippen LogP contribution in [0.1, 0.15) is 28.8 Å². The highest BCUT2D eigenvalue weighted by Gasteiger charge is 2.36. The molecule has 1 aliphatic heterocycles. The maximum absolute atomic E-state index is 12.5. The Balaban J connectivity index is 0.00000225. The molecule has 0 radical (unpaired) electrons. The quantitative estimate of drug-likeness (QED) is 0.792. The predicted molar refractivity (Wildman–Crippen MR) is 104 cm³/mol. The Morgan fingerprint density at radius 2 is 1.88 bits per heavy atom. The Hall–Kier alpha value is -1.75. The number of benzene rings is 2. The lowest BCUT2D eigenvalue weighted by Gasteiger charge is -2.38. The SMILES string of the molecule is Cl.Nc1cccc(C(=O)NCC2(c3ccccc3Cl)CCOCC2)c1. The summed E-state index contributed by atoms with van der Waals surface area (Å²) in [5.74, 6) is -0.125. The van der Waals surface area contributed by atoms with Gasteiger partial charge < -0.3 is 15.8 Å². The van der Waals surface area contributed by atoms with E-state index >= 15 is 0 Å². The number of hydrogen-bond acceptors (Lipinski definition) is 3. The molecule has 134 valence electrons. The Bertz CT molecular complexity index is 731. The molecule has 0 aliphatic carbocycles. The van der Waals surface area contributed by atoms with E-state index in [1.807, 2.05) is 24.3 Å². The summed E-state index contributed by atoms with van der Waals surface area (Å²) in [7, 11) is 0. The molecule has 0 atom stereocenters. The molecule has 4 nitrogen and oxygen atoms in total. The maximum Gasteiger partial charge on any atom is 0.251 e. The standard InChI is InChI=1S/C19H21ClN2O2.ClH/c20-17-7-2-1-6-16(17)19(8-10-24-11-9-19)13-22-18(23)14-4-3-5-15(21)12-14;/h1-7,12H,8-11,13,21H2,(H,22,23);1H. The van der Waals surface area contributed by atoms with Gasteiger partial charge in [-0.1, -0.05) is 35.9 Å². The van der Waals surface area contributed by atoms with Gasteiger partial charge in [-0.2, -0.15) is 0 Å². The topological polar surface area (TPSA) is 64.4 Å². The summed E-state index contributed by atoms with van der Waals surface area (Å²) in [5.41, 5.74) is 7.77. The van der Waals surface area contributed by atoms with Crippen LogP contribution in [0.15, 0.2) is 48.5 Å². The van der Waals surface area contributed by atoms with Crippen molar-refractivity contribution >= 4 is 35.6 Å². The highest BCUT2D eigenvalue weighted by molar-refractivity contribution is 6.31. The molecular formula is C19H22Cl2N2O2. The molecule has 1 amide bonds. The molecule has 0 saturated carbocycles. The first-order chi connectivity index (χ1) is 11.6. The van der Waals surface area contributed by atoms with Gasteiger partial charge in [-0.3, -0.25) is 4.79 Å². The van der Waals surface area contributed by atoms with Gasteiger partial charge >= 0.3 is 0 Å². The van der Waals surface area contributed by atoms with Crippen LogP contribution < -0.4 is 11.1 Å². The molecule has 0 aromatic heterocycles. The lowest BCUT2D eigenvalue weighted by Crippen LogP contribution is -2.44. The van der Waals surface area contributed by atoms with Crippen LogP contribution in [0, 0.1) is 0 Å². The van der Waals surface area contributed by atoms with Crippen LogP contribution in [0.5, 0.6) is 0 Å². The van der Waals surface area contributed by atoms with Crippen molar-refractivity contribution in [3.8, 4) is 0 Å². The van der Waals surface area contributed by atoms with Gasteiger partial charge in [0.15, 0.2) is 0 Å². The molecule has 1 fully saturated rings. The first-order valence-corrected chi connectivity index (χ1v) is 8.45. The second-order valence-corrected chi connectivity index (χ2v) is 6.59. The van der Waals surface area contributed by atoms with Gasteiger partial charge in [0.25, 0.3) is 5.91 Å². The maximum atomic E-state index is 12.5. The number of hydrogen-bond donors (Lipinski definition) is 2. The number of amides is 1. The van der Waals surface area contributed by atoms with E-state index in [1.54, 1.807) is 24.3 Å². The zero-order valence-electron chi connectivity index (χ0n) is 13.8. The van der Waals surface area contributed by atoms with Gasteiger partial charge in [-0.05, 0) is 42.7 Å². The first-order valence-electron chi connectivity index (χ1n) is 8.07. The number of carbonyl (C=O) groups is 1. The summed E-state index contributed by atoms with van der Waals surface area (Å²) < 4.78 is 5.52. The summed E-state index contributed by atoms with van der Waals surface area (Å²) in [6.45, 7) is 1.85. The van der Waals surface area contributed by atoms with Gasteiger partial charge in [-0.25, -0.2) is 0 Å². The number of nitrogen functional groups attached to an aromatic ring is 1. The van der Waals surface area contributed by atoms with Gasteiger partial charge in [0, 0.05) is 41.4 Å². The van der Waals surface area contributed by atoms with Crippen molar-refractivity contribution in [1.29, 1.82) is 0 Å². The van der Waals surface area contributed by atoms with E-state index < -0.39 is 0 Å². The molecule has 0 unspecified atom stereocenters. The summed E-state index contributed by atoms with van der Waals surface area (Å²) in [5, 5.41) is 3.79. The van der Waals surface area contributed by atoms with E-state index in [0.29, 0.717) is 31.0 Å². The predicted octanol–water partition coefficient (Wildman–Crippen LogP) is 3.82. The molecule has 0 bridgehead atoms. The number of halogens is 2. The molecule has 2 aromatic carbocycles. The molecule has 0 spiro atoms. The normalized spacial score (nSPS) is 15.9. The Labute approximate surface area is 159 Å². The van der Waals surface area contributed by atoms with Crippen LogP contribution in [0.4, 0.5) is 5.69 Å². The van der Waals surface area contributed by atoms with Gasteiger partial charge in [0.05, 0.1) is 0 Å². The minimum absolute atomic E-state index is 0. The van der Waals surface area contributed by atoms with Crippen molar-refractivity contribution in [2.45, 2.75) is 18.3 Å². The first kappa shape index (κ1) is 19.6. The van der Waals surface area contributed by atoms with Crippen LogP contribution in [0.25, 0.3) is 0 Å². The molecule has 3 N–H and O–H groups in total. The van der Waals surface area contributed by atoms with Crippen molar-refractivity contribution in [2.24, 2.45) is 0 Å². The van der Waals surface area contributed by atoms with Crippen LogP contribution in [0.3, 0.4) is 0 Å². The summed E-state index contributed by atoms with van der Waals surface area (Å²) in [6, 6.07) is 14.8. The Kier molecular flexibility index (Phi) is 6.71. The largest absolute Gasteiger partial charge is 0.399 e. The molecule has 1 saturated heterocycles. The van der Waals surface area contributed by atoms with Crippen molar-refractivity contribution in [2.75, 3.05) is 25.5 Å². The fourth-order valence-corrected chi connectivity index (χ4v) is 3.56. The van der Waals surface area contributed by atoms with Crippen LogP contribution >= 0.6 is 24.0 Å². The molecule has 1 heterocycles. The van der Waals surface area contributed by atoms with Crippen LogP contribution in [0.2, 0.25) is 5.02 Å². The third-order valence-electron chi connectivity index (χ3n) is 4.63. The highest BCUT2D eigenvalue weighted by atomic mass is 35.5. The van der Waals surface area contributed by atoms with Gasteiger partial charge in [-0.15, -0.1) is 12.4 Å². The lowest BCUT2D eigenvalue weighted by atomic mass is 9.74. The van der Waals surface area contributed by atoms with E-state index in [-0.39, 0.29) is 23.7 Å². The summed E-state index contributed by atoms with van der Waals surface area (Å²) in [4.78, 5) is 12.5. The molecule has 1 aliphatic rings. The zero-order chi connectivity index (χ0) is 17.0. The van der Waals surface area contributed by atoms with Crippen molar-refractivity contribution in [3.63, 3.8) is 0 Å². The molecule has 3 rings (SSSR count). The van der Waals surface area contributed by atoms with E-state index in [0.717, 1.165) is 23.4 Å². The van der Waals surface area contributed by atoms with Gasteiger partial charge in [0.2, 0.25) is 0 Å². The lowest BCUT2D eigenvalue weighted by molar-refractivity contribution is 0.0487. The zero-order valence-corrected chi connectivity index (χ0v) is 15.4. The fraction of sp³-hybridized carbons (Fsp3) is 0.316. The summed E-state index contributed by atoms with van der Waals surface area (Å²) in [6.07, 6.45) is 1.65. The number of nitrogens with one attached hydrogen (secondary N) is 1.